The summed E-state index contributed by atoms with van der Waals surface area (Å²) in [5.41, 5.74) is 1.43. The molecule has 2 aliphatic heterocycles. The van der Waals surface area contributed by atoms with Gasteiger partial charge in [-0.15, -0.1) is 4.40 Å². The molecule has 0 radical (unpaired) electrons. The number of halogens is 2. The molecular weight excluding hydrogens is 445 g/mol. The van der Waals surface area contributed by atoms with Gasteiger partial charge in [0.25, 0.3) is 10.0 Å². The summed E-state index contributed by atoms with van der Waals surface area (Å²) in [4.78, 5) is 16.9. The predicted octanol–water partition coefficient (Wildman–Crippen LogP) is 3.81. The Morgan fingerprint density at radius 3 is 2.77 bits per heavy atom. The van der Waals surface area contributed by atoms with Gasteiger partial charge in [0.15, 0.2) is 5.84 Å². The van der Waals surface area contributed by atoms with Gasteiger partial charge in [0, 0.05) is 42.3 Å². The molecule has 2 aliphatic rings. The second-order valence-corrected chi connectivity index (χ2v) is 10.0. The number of sulfonamides is 1. The van der Waals surface area contributed by atoms with E-state index in [1.807, 2.05) is 11.0 Å². The summed E-state index contributed by atoms with van der Waals surface area (Å²) in [6, 6.07) is 12.0. The summed E-state index contributed by atoms with van der Waals surface area (Å²) in [5.74, 6) is 0.194. The lowest BCUT2D eigenvalue weighted by molar-refractivity contribution is -0.136. The van der Waals surface area contributed by atoms with Gasteiger partial charge in [0.05, 0.1) is 5.92 Å². The highest BCUT2D eigenvalue weighted by Gasteiger charge is 2.35. The van der Waals surface area contributed by atoms with E-state index in [4.69, 9.17) is 23.2 Å². The maximum atomic E-state index is 13.1. The fraction of sp³-hybridized carbons (Fsp3) is 0.333. The second kappa shape index (κ2) is 8.21. The topological polar surface area (TPSA) is 70.1 Å². The zero-order valence-corrected chi connectivity index (χ0v) is 18.7. The maximum Gasteiger partial charge on any atom is 0.285 e. The molecule has 0 aromatic heterocycles. The summed E-state index contributed by atoms with van der Waals surface area (Å²) < 4.78 is 28.8. The number of nitrogens with zero attached hydrogens (tertiary/aromatic N) is 3. The molecule has 1 saturated heterocycles. The number of piperidine rings is 1. The first kappa shape index (κ1) is 21.2. The van der Waals surface area contributed by atoms with Gasteiger partial charge >= 0.3 is 0 Å². The summed E-state index contributed by atoms with van der Waals surface area (Å²) in [6.07, 6.45) is 1.53. The average Bonchev–Trinajstić information content (AvgIpc) is 3.01. The highest BCUT2D eigenvalue weighted by molar-refractivity contribution is 7.90. The monoisotopic (exact) mass is 465 g/mol. The molecule has 9 heteroatoms. The Kier molecular flexibility index (Phi) is 5.79. The molecule has 1 unspecified atom stereocenters. The molecule has 2 aromatic rings. The molecule has 158 valence electrons. The fourth-order valence-corrected chi connectivity index (χ4v) is 5.68. The van der Waals surface area contributed by atoms with E-state index in [0.717, 1.165) is 18.4 Å². The Labute approximate surface area is 186 Å². The number of benzene rings is 2. The third kappa shape index (κ3) is 4.06. The number of hydrogen-bond donors (Lipinski definition) is 0. The molecule has 0 N–H and O–H groups in total. The van der Waals surface area contributed by atoms with Crippen molar-refractivity contribution in [3.8, 4) is 0 Å². The lowest BCUT2D eigenvalue weighted by Crippen LogP contribution is -2.45. The van der Waals surface area contributed by atoms with Crippen LogP contribution in [0, 0.1) is 5.92 Å². The van der Waals surface area contributed by atoms with Crippen molar-refractivity contribution in [2.45, 2.75) is 24.3 Å². The first-order valence-electron chi connectivity index (χ1n) is 9.64. The van der Waals surface area contributed by atoms with Gasteiger partial charge in [0.1, 0.15) is 4.90 Å². The van der Waals surface area contributed by atoms with E-state index in [-0.39, 0.29) is 16.7 Å². The van der Waals surface area contributed by atoms with E-state index in [9.17, 15) is 13.2 Å². The van der Waals surface area contributed by atoms with Crippen molar-refractivity contribution < 1.29 is 13.2 Å². The van der Waals surface area contributed by atoms with E-state index < -0.39 is 10.0 Å². The van der Waals surface area contributed by atoms with Crippen molar-refractivity contribution in [3.05, 3.63) is 63.6 Å². The summed E-state index contributed by atoms with van der Waals surface area (Å²) >= 11 is 12.2. The Morgan fingerprint density at radius 1 is 1.23 bits per heavy atom. The van der Waals surface area contributed by atoms with Crippen LogP contribution in [0.15, 0.2) is 51.8 Å². The molecule has 2 aromatic carbocycles. The predicted molar refractivity (Wildman–Crippen MR) is 117 cm³/mol. The third-order valence-corrected chi connectivity index (χ3v) is 7.39. The SMILES string of the molecule is CN(Cc1ccc(Cl)cc1Cl)C(=O)C1CCCN(C2=NS(=O)(=O)c3ccccc32)C1. The molecule has 0 spiro atoms. The highest BCUT2D eigenvalue weighted by atomic mass is 35.5. The fourth-order valence-electron chi connectivity index (χ4n) is 3.98. The van der Waals surface area contributed by atoms with Crippen molar-refractivity contribution in [2.24, 2.45) is 10.3 Å². The van der Waals surface area contributed by atoms with Crippen molar-refractivity contribution in [1.82, 2.24) is 9.80 Å². The van der Waals surface area contributed by atoms with E-state index in [0.29, 0.717) is 41.1 Å². The van der Waals surface area contributed by atoms with Crippen LogP contribution in [0.2, 0.25) is 10.0 Å². The van der Waals surface area contributed by atoms with Gasteiger partial charge in [-0.05, 0) is 42.7 Å². The van der Waals surface area contributed by atoms with Gasteiger partial charge in [-0.3, -0.25) is 4.79 Å². The Hall–Kier alpha value is -2.09. The number of rotatable bonds is 3. The number of fused-ring (bicyclic) bond motifs is 1. The summed E-state index contributed by atoms with van der Waals surface area (Å²) in [6.45, 7) is 1.48. The van der Waals surface area contributed by atoms with Gasteiger partial charge < -0.3 is 9.80 Å². The van der Waals surface area contributed by atoms with E-state index in [1.165, 1.54) is 0 Å². The molecule has 6 nitrogen and oxygen atoms in total. The van der Waals surface area contributed by atoms with Crippen LogP contribution in [-0.4, -0.2) is 50.1 Å². The maximum absolute atomic E-state index is 13.1. The number of amides is 1. The van der Waals surface area contributed by atoms with Crippen LogP contribution in [-0.2, 0) is 21.4 Å². The molecule has 0 aliphatic carbocycles. The number of carbonyl (C=O) groups is 1. The molecule has 0 saturated carbocycles. The van der Waals surface area contributed by atoms with Crippen LogP contribution in [0.1, 0.15) is 24.0 Å². The third-order valence-electron chi connectivity index (χ3n) is 5.48. The van der Waals surface area contributed by atoms with E-state index in [1.54, 1.807) is 48.3 Å². The standard InChI is InChI=1S/C21H21Cl2N3O3S/c1-25(12-14-8-9-16(22)11-18(14)23)21(27)15-5-4-10-26(13-15)20-17-6-2-3-7-19(17)30(28,29)24-20/h2-3,6-9,11,15H,4-5,10,12-13H2,1H3. The quantitative estimate of drug-likeness (QED) is 0.690. The normalized spacial score (nSPS) is 19.9. The van der Waals surface area contributed by atoms with Gasteiger partial charge in [-0.25, -0.2) is 0 Å². The average molecular weight is 466 g/mol. The minimum absolute atomic E-state index is 0.000422. The molecule has 1 amide bonds. The zero-order valence-electron chi connectivity index (χ0n) is 16.4. The smallest absolute Gasteiger partial charge is 0.285 e. The van der Waals surface area contributed by atoms with Crippen molar-refractivity contribution in [2.75, 3.05) is 20.1 Å². The van der Waals surface area contributed by atoms with Crippen LogP contribution in [0.25, 0.3) is 0 Å². The molecular formula is C21H21Cl2N3O3S. The van der Waals surface area contributed by atoms with Crippen molar-refractivity contribution >= 4 is 45.0 Å². The van der Waals surface area contributed by atoms with E-state index >= 15 is 0 Å². The molecule has 4 rings (SSSR count). The Morgan fingerprint density at radius 2 is 2.00 bits per heavy atom. The van der Waals surface area contributed by atoms with Crippen LogP contribution in [0.3, 0.4) is 0 Å². The first-order chi connectivity index (χ1) is 14.3. The largest absolute Gasteiger partial charge is 0.355 e. The second-order valence-electron chi connectivity index (χ2n) is 7.60. The molecule has 1 atom stereocenters. The van der Waals surface area contributed by atoms with Crippen molar-refractivity contribution in [3.63, 3.8) is 0 Å². The van der Waals surface area contributed by atoms with Crippen LogP contribution < -0.4 is 0 Å². The lowest BCUT2D eigenvalue weighted by atomic mass is 9.95. The highest BCUT2D eigenvalue weighted by Crippen LogP contribution is 2.30. The summed E-state index contributed by atoms with van der Waals surface area (Å²) in [5, 5.41) is 1.07. The minimum Gasteiger partial charge on any atom is -0.355 e. The number of hydrogen-bond acceptors (Lipinski definition) is 4. The van der Waals surface area contributed by atoms with Crippen LogP contribution in [0.4, 0.5) is 0 Å². The van der Waals surface area contributed by atoms with Crippen molar-refractivity contribution in [1.29, 1.82) is 0 Å². The molecule has 2 heterocycles. The van der Waals surface area contributed by atoms with Gasteiger partial charge in [-0.1, -0.05) is 41.4 Å². The van der Waals surface area contributed by atoms with Gasteiger partial charge in [-0.2, -0.15) is 8.42 Å². The van der Waals surface area contributed by atoms with E-state index in [2.05, 4.69) is 4.40 Å². The number of likely N-dealkylation sites (tertiary alicyclic amines) is 1. The first-order valence-corrected chi connectivity index (χ1v) is 11.8. The lowest BCUT2D eigenvalue weighted by Gasteiger charge is -2.35. The minimum atomic E-state index is -3.68. The molecule has 0 bridgehead atoms. The number of carbonyl (C=O) groups excluding carboxylic acids is 1. The summed E-state index contributed by atoms with van der Waals surface area (Å²) in [7, 11) is -1.93. The number of amidine groups is 1. The Balaban J connectivity index is 1.50. The zero-order chi connectivity index (χ0) is 21.5. The van der Waals surface area contributed by atoms with Gasteiger partial charge in [0.2, 0.25) is 5.91 Å². The van der Waals surface area contributed by atoms with Crippen LogP contribution in [0.5, 0.6) is 0 Å². The molecule has 1 fully saturated rings. The van der Waals surface area contributed by atoms with Crippen LogP contribution >= 0.6 is 23.2 Å². The Bertz CT molecular complexity index is 1130. The molecule has 30 heavy (non-hydrogen) atoms.